The Morgan fingerprint density at radius 1 is 1.03 bits per heavy atom. The molecule has 0 bridgehead atoms. The quantitative estimate of drug-likeness (QED) is 0.184. The van der Waals surface area contributed by atoms with Crippen LogP contribution in [0.1, 0.15) is 5.56 Å². The second kappa shape index (κ2) is 10.1. The molecule has 9 nitrogen and oxygen atoms in total. The zero-order chi connectivity index (χ0) is 25.2. The lowest BCUT2D eigenvalue weighted by atomic mass is 10.2. The first-order valence-corrected chi connectivity index (χ1v) is 12.6. The van der Waals surface area contributed by atoms with Crippen molar-refractivity contribution < 1.29 is 22.3 Å². The van der Waals surface area contributed by atoms with Crippen molar-refractivity contribution in [3.8, 4) is 5.75 Å². The van der Waals surface area contributed by atoms with Crippen LogP contribution in [-0.2, 0) is 14.9 Å². The maximum absolute atomic E-state index is 12.5. The highest BCUT2D eigenvalue weighted by atomic mass is 35.5. The minimum atomic E-state index is -4.23. The Bertz CT molecular complexity index is 1510. The molecule has 0 atom stereocenters. The Hall–Kier alpha value is -3.38. The number of nitrogens with zero attached hydrogens (tertiary/aromatic N) is 2. The van der Waals surface area contributed by atoms with Gasteiger partial charge in [0, 0.05) is 12.1 Å². The molecule has 35 heavy (non-hydrogen) atoms. The zero-order valence-electron chi connectivity index (χ0n) is 17.3. The molecule has 1 heterocycles. The van der Waals surface area contributed by atoms with Gasteiger partial charge in [-0.25, -0.2) is 4.99 Å². The van der Waals surface area contributed by atoms with E-state index in [1.807, 2.05) is 0 Å². The number of amides is 1. The van der Waals surface area contributed by atoms with E-state index in [9.17, 15) is 23.3 Å². The summed E-state index contributed by atoms with van der Waals surface area (Å²) >= 11 is 13.0. The largest absolute Gasteiger partial charge is 0.379 e. The van der Waals surface area contributed by atoms with Gasteiger partial charge < -0.3 is 9.50 Å². The first-order chi connectivity index (χ1) is 16.6. The number of carbonyl (C=O) groups excluding carboxylic acids is 1. The fourth-order valence-corrected chi connectivity index (χ4v) is 4.93. The van der Waals surface area contributed by atoms with Gasteiger partial charge in [-0.3, -0.25) is 14.9 Å². The molecule has 0 spiro atoms. The molecule has 1 fully saturated rings. The summed E-state index contributed by atoms with van der Waals surface area (Å²) in [4.78, 5) is 26.9. The van der Waals surface area contributed by atoms with E-state index >= 15 is 0 Å². The van der Waals surface area contributed by atoms with E-state index in [2.05, 4.69) is 10.3 Å². The molecule has 0 aromatic heterocycles. The molecule has 0 aliphatic carbocycles. The van der Waals surface area contributed by atoms with Crippen LogP contribution in [0.4, 0.5) is 11.4 Å². The van der Waals surface area contributed by atoms with Crippen LogP contribution in [0.3, 0.4) is 0 Å². The van der Waals surface area contributed by atoms with Crippen LogP contribution < -0.4 is 9.50 Å². The van der Waals surface area contributed by atoms with Gasteiger partial charge >= 0.3 is 10.1 Å². The molecule has 3 aromatic rings. The molecule has 0 radical (unpaired) electrons. The Morgan fingerprint density at radius 2 is 1.77 bits per heavy atom. The lowest BCUT2D eigenvalue weighted by Gasteiger charge is -2.07. The number of nitro benzene ring substituents is 1. The summed E-state index contributed by atoms with van der Waals surface area (Å²) < 4.78 is 30.2. The van der Waals surface area contributed by atoms with E-state index < -0.39 is 15.0 Å². The lowest BCUT2D eigenvalue weighted by Crippen LogP contribution is -2.19. The normalized spacial score (nSPS) is 15.9. The Morgan fingerprint density at radius 3 is 2.46 bits per heavy atom. The number of nitrogens with one attached hydrogen (secondary N) is 1. The molecule has 1 N–H and O–H groups in total. The molecule has 1 amide bonds. The van der Waals surface area contributed by atoms with E-state index in [0.29, 0.717) is 31.4 Å². The third-order valence-corrected chi connectivity index (χ3v) is 7.39. The molecule has 3 aromatic carbocycles. The summed E-state index contributed by atoms with van der Waals surface area (Å²) in [7, 11) is -4.23. The minimum absolute atomic E-state index is 0.00537. The van der Waals surface area contributed by atoms with Crippen LogP contribution in [0.2, 0.25) is 10.0 Å². The van der Waals surface area contributed by atoms with Crippen LogP contribution in [0, 0.1) is 10.1 Å². The highest BCUT2D eigenvalue weighted by molar-refractivity contribution is 8.18. The van der Waals surface area contributed by atoms with Crippen molar-refractivity contribution in [2.75, 3.05) is 0 Å². The van der Waals surface area contributed by atoms with Gasteiger partial charge in [-0.15, -0.1) is 0 Å². The number of nitro groups is 1. The number of benzene rings is 3. The maximum atomic E-state index is 12.5. The molecule has 1 aliphatic rings. The molecular formula is C22H13Cl2N3O6S2. The molecule has 178 valence electrons. The minimum Gasteiger partial charge on any atom is -0.379 e. The van der Waals surface area contributed by atoms with Crippen molar-refractivity contribution >= 4 is 73.6 Å². The highest BCUT2D eigenvalue weighted by Gasteiger charge is 2.24. The number of amidine groups is 1. The Labute approximate surface area is 213 Å². The van der Waals surface area contributed by atoms with Crippen LogP contribution in [0.25, 0.3) is 6.08 Å². The Kier molecular flexibility index (Phi) is 7.13. The number of rotatable bonds is 6. The van der Waals surface area contributed by atoms with Gasteiger partial charge in [-0.2, -0.15) is 8.42 Å². The average Bonchev–Trinajstić information content (AvgIpc) is 3.14. The summed E-state index contributed by atoms with van der Waals surface area (Å²) in [6.07, 6.45) is 1.56. The summed E-state index contributed by atoms with van der Waals surface area (Å²) in [5.41, 5.74) is 0.775. The van der Waals surface area contributed by atoms with Crippen LogP contribution >= 0.6 is 35.0 Å². The van der Waals surface area contributed by atoms with E-state index in [0.717, 1.165) is 36.0 Å². The molecule has 1 aliphatic heterocycles. The molecule has 0 unspecified atom stereocenters. The number of halogens is 2. The van der Waals surface area contributed by atoms with Crippen LogP contribution in [-0.4, -0.2) is 24.4 Å². The standard InChI is InChI=1S/C22H13Cl2N3O6S2/c23-18-9-4-14(12-19(18)24)25-22-26-21(28)20(34-22)11-13-2-1-3-16(10-13)33-35(31,32)17-7-5-15(6-8-17)27(29)30/h1-12H,(H,25,26,28)/b20-11+. The topological polar surface area (TPSA) is 128 Å². The second-order valence-corrected chi connectivity index (χ2v) is 10.3. The fraction of sp³-hybridized carbons (Fsp3) is 0. The van der Waals surface area contributed by atoms with E-state index in [1.165, 1.54) is 12.1 Å². The number of hydrogen-bond donors (Lipinski definition) is 1. The zero-order valence-corrected chi connectivity index (χ0v) is 20.5. The SMILES string of the molecule is O=C1NC(=Nc2ccc(Cl)c(Cl)c2)S/C1=C/c1cccc(OS(=O)(=O)c2ccc([N+](=O)[O-])cc2)c1. The van der Waals surface area contributed by atoms with Gasteiger partial charge in [0.2, 0.25) is 0 Å². The van der Waals surface area contributed by atoms with Gasteiger partial charge in [-0.1, -0.05) is 35.3 Å². The number of carbonyl (C=O) groups is 1. The fourth-order valence-electron chi connectivity index (χ4n) is 2.87. The number of hydrogen-bond acceptors (Lipinski definition) is 8. The smallest absolute Gasteiger partial charge is 0.339 e. The monoisotopic (exact) mass is 549 g/mol. The first kappa shape index (κ1) is 24.7. The molecule has 0 saturated carbocycles. The molecular weight excluding hydrogens is 537 g/mol. The van der Waals surface area contributed by atoms with Gasteiger partial charge in [0.15, 0.2) is 5.17 Å². The molecule has 13 heteroatoms. The maximum Gasteiger partial charge on any atom is 0.339 e. The van der Waals surface area contributed by atoms with Crippen molar-refractivity contribution in [2.24, 2.45) is 4.99 Å². The van der Waals surface area contributed by atoms with E-state index in [-0.39, 0.29) is 22.2 Å². The highest BCUT2D eigenvalue weighted by Crippen LogP contribution is 2.31. The summed E-state index contributed by atoms with van der Waals surface area (Å²) in [6, 6.07) is 15.3. The van der Waals surface area contributed by atoms with E-state index in [4.69, 9.17) is 27.4 Å². The molecule has 1 saturated heterocycles. The predicted octanol–water partition coefficient (Wildman–Crippen LogP) is 5.56. The average molecular weight is 550 g/mol. The summed E-state index contributed by atoms with van der Waals surface area (Å²) in [6.45, 7) is 0. The first-order valence-electron chi connectivity index (χ1n) is 9.64. The number of thioether (sulfide) groups is 1. The lowest BCUT2D eigenvalue weighted by molar-refractivity contribution is -0.384. The van der Waals surface area contributed by atoms with Crippen molar-refractivity contribution in [1.29, 1.82) is 0 Å². The van der Waals surface area contributed by atoms with Crippen LogP contribution in [0.15, 0.2) is 81.5 Å². The van der Waals surface area contributed by atoms with Gasteiger partial charge in [0.1, 0.15) is 10.6 Å². The van der Waals surface area contributed by atoms with Crippen molar-refractivity contribution in [2.45, 2.75) is 4.90 Å². The van der Waals surface area contributed by atoms with E-state index in [1.54, 1.807) is 36.4 Å². The number of non-ortho nitro benzene ring substituents is 1. The third kappa shape index (κ3) is 6.01. The third-order valence-electron chi connectivity index (χ3n) is 4.48. The molecule has 4 rings (SSSR count). The summed E-state index contributed by atoms with van der Waals surface area (Å²) in [5.74, 6) is -0.371. The van der Waals surface area contributed by atoms with Crippen molar-refractivity contribution in [3.63, 3.8) is 0 Å². The van der Waals surface area contributed by atoms with Crippen molar-refractivity contribution in [3.05, 3.63) is 97.4 Å². The Balaban J connectivity index is 1.52. The van der Waals surface area contributed by atoms with Crippen LogP contribution in [0.5, 0.6) is 5.75 Å². The second-order valence-electron chi connectivity index (χ2n) is 6.94. The van der Waals surface area contributed by atoms with Gasteiger partial charge in [0.25, 0.3) is 11.6 Å². The van der Waals surface area contributed by atoms with Gasteiger partial charge in [0.05, 0.1) is 25.6 Å². The van der Waals surface area contributed by atoms with Gasteiger partial charge in [-0.05, 0) is 65.9 Å². The summed E-state index contributed by atoms with van der Waals surface area (Å²) in [5, 5.41) is 14.5. The predicted molar refractivity (Wildman–Crippen MR) is 135 cm³/mol. The number of aliphatic imine (C=N–C) groups is 1. The van der Waals surface area contributed by atoms with Crippen molar-refractivity contribution in [1.82, 2.24) is 5.32 Å².